The van der Waals surface area contributed by atoms with Crippen molar-refractivity contribution in [3.8, 4) is 0 Å². The van der Waals surface area contributed by atoms with Gasteiger partial charge in [-0.3, -0.25) is 0 Å². The summed E-state index contributed by atoms with van der Waals surface area (Å²) in [7, 11) is 0. The lowest BCUT2D eigenvalue weighted by Gasteiger charge is -2.31. The molecule has 2 aliphatic rings. The molecule has 4 unspecified atom stereocenters. The predicted molar refractivity (Wildman–Crippen MR) is 83.8 cm³/mol. The minimum Gasteiger partial charge on any atom is -0.309 e. The summed E-state index contributed by atoms with van der Waals surface area (Å²) in [5, 5.41) is 3.88. The molecule has 2 heteroatoms. The van der Waals surface area contributed by atoms with Gasteiger partial charge < -0.3 is 5.32 Å². The summed E-state index contributed by atoms with van der Waals surface area (Å²) in [4.78, 5) is 3.10. The zero-order valence-corrected chi connectivity index (χ0v) is 13.4. The van der Waals surface area contributed by atoms with Crippen molar-refractivity contribution >= 4 is 11.3 Å². The van der Waals surface area contributed by atoms with Crippen LogP contribution in [-0.4, -0.2) is 6.54 Å². The molecule has 0 radical (unpaired) electrons. The maximum Gasteiger partial charge on any atom is 0.0448 e. The highest BCUT2D eigenvalue weighted by Crippen LogP contribution is 2.53. The Bertz CT molecular complexity index is 436. The van der Waals surface area contributed by atoms with Crippen molar-refractivity contribution in [2.75, 3.05) is 6.54 Å². The number of hydrogen-bond acceptors (Lipinski definition) is 2. The van der Waals surface area contributed by atoms with Crippen LogP contribution in [0.3, 0.4) is 0 Å². The maximum atomic E-state index is 3.88. The average molecular weight is 277 g/mol. The van der Waals surface area contributed by atoms with Crippen LogP contribution in [0.2, 0.25) is 0 Å². The summed E-state index contributed by atoms with van der Waals surface area (Å²) in [5.74, 6) is 2.95. The van der Waals surface area contributed by atoms with Crippen molar-refractivity contribution in [1.82, 2.24) is 5.32 Å². The third kappa shape index (κ3) is 2.62. The first-order valence-corrected chi connectivity index (χ1v) is 8.81. The van der Waals surface area contributed by atoms with Crippen LogP contribution in [0.25, 0.3) is 0 Å². The normalized spacial score (nSPS) is 31.0. The van der Waals surface area contributed by atoms with Crippen molar-refractivity contribution < 1.29 is 0 Å². The number of nitrogens with one attached hydrogen (secondary N) is 1. The molecular weight excluding hydrogens is 250 g/mol. The van der Waals surface area contributed by atoms with Crippen LogP contribution in [0.1, 0.15) is 60.4 Å². The fourth-order valence-electron chi connectivity index (χ4n) is 4.41. The first-order chi connectivity index (χ1) is 9.19. The molecule has 106 valence electrons. The number of rotatable bonds is 5. The summed E-state index contributed by atoms with van der Waals surface area (Å²) < 4.78 is 0. The molecule has 2 aliphatic carbocycles. The maximum absolute atomic E-state index is 3.88. The summed E-state index contributed by atoms with van der Waals surface area (Å²) in [6.45, 7) is 7.98. The van der Waals surface area contributed by atoms with E-state index in [0.717, 1.165) is 24.3 Å². The van der Waals surface area contributed by atoms with Gasteiger partial charge in [0.15, 0.2) is 0 Å². The van der Waals surface area contributed by atoms with Crippen LogP contribution < -0.4 is 5.32 Å². The Labute approximate surface area is 121 Å². The van der Waals surface area contributed by atoms with E-state index in [4.69, 9.17) is 0 Å². The lowest BCUT2D eigenvalue weighted by atomic mass is 9.82. The third-order valence-corrected chi connectivity index (χ3v) is 6.43. The van der Waals surface area contributed by atoms with Crippen LogP contribution >= 0.6 is 11.3 Å². The summed E-state index contributed by atoms with van der Waals surface area (Å²) in [6, 6.07) is 3.00. The van der Waals surface area contributed by atoms with E-state index in [1.807, 2.05) is 11.3 Å². The van der Waals surface area contributed by atoms with E-state index in [1.54, 1.807) is 4.88 Å². The summed E-state index contributed by atoms with van der Waals surface area (Å²) >= 11 is 2.02. The molecule has 19 heavy (non-hydrogen) atoms. The van der Waals surface area contributed by atoms with Gasteiger partial charge in [-0.05, 0) is 75.5 Å². The molecule has 2 saturated carbocycles. The molecule has 0 saturated heterocycles. The Balaban J connectivity index is 1.83. The van der Waals surface area contributed by atoms with Crippen molar-refractivity contribution in [3.63, 3.8) is 0 Å². The molecule has 1 N–H and O–H groups in total. The summed E-state index contributed by atoms with van der Waals surface area (Å²) in [5.41, 5.74) is 1.51. The second kappa shape index (κ2) is 5.57. The lowest BCUT2D eigenvalue weighted by Crippen LogP contribution is -2.31. The van der Waals surface area contributed by atoms with Crippen LogP contribution in [0.4, 0.5) is 0 Å². The minimum absolute atomic E-state index is 0.633. The highest BCUT2D eigenvalue weighted by molar-refractivity contribution is 7.12. The first kappa shape index (κ1) is 13.6. The van der Waals surface area contributed by atoms with E-state index < -0.39 is 0 Å². The molecule has 0 spiro atoms. The standard InChI is InChI=1S/C17H27NS/c1-4-7-18-16(17-11(2)8-12(3)19-17)15-10-13-5-6-14(15)9-13/h8,13-16,18H,4-7,9-10H2,1-3H3. The van der Waals surface area contributed by atoms with E-state index in [0.29, 0.717) is 6.04 Å². The quantitative estimate of drug-likeness (QED) is 0.812. The second-order valence-electron chi connectivity index (χ2n) is 6.67. The molecule has 1 aromatic heterocycles. The second-order valence-corrected chi connectivity index (χ2v) is 7.96. The minimum atomic E-state index is 0.633. The fourth-order valence-corrected chi connectivity index (χ4v) is 5.60. The summed E-state index contributed by atoms with van der Waals surface area (Å²) in [6.07, 6.45) is 7.22. The SMILES string of the molecule is CCCNC(c1sc(C)cc1C)C1CC2CCC1C2. The smallest absolute Gasteiger partial charge is 0.0448 e. The molecule has 2 fully saturated rings. The topological polar surface area (TPSA) is 12.0 Å². The number of fused-ring (bicyclic) bond motifs is 2. The largest absolute Gasteiger partial charge is 0.309 e. The van der Waals surface area contributed by atoms with Crippen molar-refractivity contribution in [2.24, 2.45) is 17.8 Å². The van der Waals surface area contributed by atoms with Gasteiger partial charge in [0.25, 0.3) is 0 Å². The van der Waals surface area contributed by atoms with Crippen LogP contribution in [0.5, 0.6) is 0 Å². The van der Waals surface area contributed by atoms with E-state index in [1.165, 1.54) is 42.5 Å². The highest BCUT2D eigenvalue weighted by Gasteiger charge is 2.43. The van der Waals surface area contributed by atoms with Crippen LogP contribution in [0, 0.1) is 31.6 Å². The highest BCUT2D eigenvalue weighted by atomic mass is 32.1. The third-order valence-electron chi connectivity index (χ3n) is 5.20. The number of aryl methyl sites for hydroxylation is 2. The van der Waals surface area contributed by atoms with Gasteiger partial charge in [0.1, 0.15) is 0 Å². The monoisotopic (exact) mass is 277 g/mol. The van der Waals surface area contributed by atoms with Crippen molar-refractivity contribution in [1.29, 1.82) is 0 Å². The van der Waals surface area contributed by atoms with Crippen LogP contribution in [0.15, 0.2) is 6.07 Å². The van der Waals surface area contributed by atoms with Gasteiger partial charge in [-0.15, -0.1) is 11.3 Å². The Kier molecular flexibility index (Phi) is 4.00. The van der Waals surface area contributed by atoms with E-state index in [9.17, 15) is 0 Å². The Morgan fingerprint density at radius 2 is 2.16 bits per heavy atom. The Morgan fingerprint density at radius 1 is 1.32 bits per heavy atom. The van der Waals surface area contributed by atoms with Gasteiger partial charge in [0.05, 0.1) is 0 Å². The van der Waals surface area contributed by atoms with Gasteiger partial charge in [0, 0.05) is 15.8 Å². The van der Waals surface area contributed by atoms with Gasteiger partial charge in [0.2, 0.25) is 0 Å². The molecule has 0 amide bonds. The number of thiophene rings is 1. The van der Waals surface area contributed by atoms with Gasteiger partial charge in [-0.2, -0.15) is 0 Å². The molecule has 0 aliphatic heterocycles. The lowest BCUT2D eigenvalue weighted by molar-refractivity contribution is 0.253. The van der Waals surface area contributed by atoms with Crippen molar-refractivity contribution in [3.05, 3.63) is 21.4 Å². The Hall–Kier alpha value is -0.340. The molecule has 1 aromatic rings. The molecule has 4 atom stereocenters. The zero-order chi connectivity index (χ0) is 13.4. The Morgan fingerprint density at radius 3 is 2.68 bits per heavy atom. The number of hydrogen-bond donors (Lipinski definition) is 1. The average Bonchev–Trinajstić information content (AvgIpc) is 3.06. The fraction of sp³-hybridized carbons (Fsp3) is 0.765. The van der Waals surface area contributed by atoms with Gasteiger partial charge >= 0.3 is 0 Å². The predicted octanol–water partition coefficient (Wildman–Crippen LogP) is 4.84. The molecule has 1 heterocycles. The molecule has 1 nitrogen and oxygen atoms in total. The van der Waals surface area contributed by atoms with Crippen molar-refractivity contribution in [2.45, 2.75) is 58.9 Å². The first-order valence-electron chi connectivity index (χ1n) is 7.99. The van der Waals surface area contributed by atoms with Gasteiger partial charge in [-0.25, -0.2) is 0 Å². The van der Waals surface area contributed by atoms with Crippen LogP contribution in [-0.2, 0) is 0 Å². The molecule has 0 aromatic carbocycles. The van der Waals surface area contributed by atoms with E-state index >= 15 is 0 Å². The molecule has 2 bridgehead atoms. The van der Waals surface area contributed by atoms with E-state index in [2.05, 4.69) is 32.2 Å². The van der Waals surface area contributed by atoms with Gasteiger partial charge in [-0.1, -0.05) is 13.3 Å². The van der Waals surface area contributed by atoms with E-state index in [-0.39, 0.29) is 0 Å². The molecular formula is C17H27NS. The molecule has 3 rings (SSSR count). The zero-order valence-electron chi connectivity index (χ0n) is 12.5.